The van der Waals surface area contributed by atoms with Crippen molar-refractivity contribution < 1.29 is 7.87 Å². The van der Waals surface area contributed by atoms with Crippen molar-refractivity contribution in [3.63, 3.8) is 0 Å². The van der Waals surface area contributed by atoms with Gasteiger partial charge in [0.1, 0.15) is 0 Å². The number of allylic oxidation sites excluding steroid dienone is 3. The first kappa shape index (κ1) is 14.5. The van der Waals surface area contributed by atoms with E-state index in [9.17, 15) is 4.79 Å². The average molecular weight is 315 g/mol. The van der Waals surface area contributed by atoms with Crippen molar-refractivity contribution in [2.24, 2.45) is 0 Å². The zero-order chi connectivity index (χ0) is 11.7. The van der Waals surface area contributed by atoms with Crippen LogP contribution in [0.15, 0.2) is 38.0 Å². The average Bonchev–Trinajstić information content (AvgIpc) is 2.18. The van der Waals surface area contributed by atoms with Gasteiger partial charge < -0.3 is 0 Å². The van der Waals surface area contributed by atoms with Crippen LogP contribution < -0.4 is 0 Å². The zero-order valence-corrected chi connectivity index (χ0v) is 12.4. The molecule has 0 N–H and O–H groups in total. The molecule has 0 aliphatic rings. The summed E-state index contributed by atoms with van der Waals surface area (Å²) in [5, 5.41) is 0. The molecule has 0 unspecified atom stereocenters. The second-order valence-corrected chi connectivity index (χ2v) is 14.3. The van der Waals surface area contributed by atoms with Crippen molar-refractivity contribution in [1.82, 2.24) is 0 Å². The van der Waals surface area contributed by atoms with E-state index in [4.69, 9.17) is 3.07 Å². The maximum atomic E-state index is 11.4. The molecule has 0 radical (unpaired) electrons. The fourth-order valence-electron chi connectivity index (χ4n) is 1.48. The van der Waals surface area contributed by atoms with Gasteiger partial charge >= 0.3 is 97.2 Å². The molecule has 0 aromatic heterocycles. The fraction of sp³-hybridized carbons (Fsp3) is 0.417. The van der Waals surface area contributed by atoms with Crippen molar-refractivity contribution in [3.8, 4) is 0 Å². The van der Waals surface area contributed by atoms with Gasteiger partial charge in [-0.1, -0.05) is 0 Å². The first-order chi connectivity index (χ1) is 7.14. The van der Waals surface area contributed by atoms with E-state index in [2.05, 4.69) is 19.7 Å². The van der Waals surface area contributed by atoms with Crippen molar-refractivity contribution in [2.75, 3.05) is 0 Å². The van der Waals surface area contributed by atoms with Crippen LogP contribution in [0.25, 0.3) is 0 Å². The Balaban J connectivity index is 4.73. The van der Waals surface area contributed by atoms with Crippen LogP contribution in [0, 0.1) is 0 Å². The number of rotatable bonds is 8. The molecule has 0 spiro atoms. The van der Waals surface area contributed by atoms with Crippen LogP contribution in [0.4, 0.5) is 0 Å². The summed E-state index contributed by atoms with van der Waals surface area (Å²) < 4.78 is 8.16. The molecule has 0 aromatic carbocycles. The van der Waals surface area contributed by atoms with E-state index in [0.717, 1.165) is 13.3 Å². The summed E-state index contributed by atoms with van der Waals surface area (Å²) >= 11 is -2.88. The molecule has 0 bridgehead atoms. The molecule has 2 nitrogen and oxygen atoms in total. The van der Waals surface area contributed by atoms with Crippen LogP contribution in [0.5, 0.6) is 0 Å². The van der Waals surface area contributed by atoms with E-state index in [1.807, 2.05) is 25.2 Å². The summed E-state index contributed by atoms with van der Waals surface area (Å²) in [6, 6.07) is 0. The Labute approximate surface area is 97.1 Å². The van der Waals surface area contributed by atoms with Gasteiger partial charge in [0.2, 0.25) is 0 Å². The van der Waals surface area contributed by atoms with Gasteiger partial charge in [-0.25, -0.2) is 0 Å². The number of hydrogen-bond acceptors (Lipinski definition) is 2. The second-order valence-electron chi connectivity index (χ2n) is 3.49. The van der Waals surface area contributed by atoms with E-state index >= 15 is 0 Å². The molecule has 0 aliphatic heterocycles. The van der Waals surface area contributed by atoms with E-state index in [1.54, 1.807) is 0 Å². The van der Waals surface area contributed by atoms with E-state index in [0.29, 0.717) is 6.42 Å². The van der Waals surface area contributed by atoms with Gasteiger partial charge in [0.25, 0.3) is 0 Å². The van der Waals surface area contributed by atoms with Crippen molar-refractivity contribution in [1.29, 1.82) is 0 Å². The molecule has 0 aliphatic carbocycles. The Morgan fingerprint density at radius 3 is 1.80 bits per heavy atom. The van der Waals surface area contributed by atoms with Crippen LogP contribution in [0.3, 0.4) is 0 Å². The van der Waals surface area contributed by atoms with Crippen molar-refractivity contribution >= 4 is 24.8 Å². The monoisotopic (exact) mass is 316 g/mol. The molecule has 0 saturated carbocycles. The topological polar surface area (TPSA) is 26.3 Å². The minimum atomic E-state index is -2.88. The third-order valence-corrected chi connectivity index (χ3v) is 12.9. The predicted molar refractivity (Wildman–Crippen MR) is 67.1 cm³/mol. The zero-order valence-electron chi connectivity index (χ0n) is 9.50. The third kappa shape index (κ3) is 5.21. The first-order valence-corrected chi connectivity index (χ1v) is 12.4. The Kier molecular flexibility index (Phi) is 7.47. The van der Waals surface area contributed by atoms with Crippen LogP contribution >= 0.6 is 0 Å². The molecular formula is C12H20O2Sn. The van der Waals surface area contributed by atoms with E-state index < -0.39 is 18.8 Å². The van der Waals surface area contributed by atoms with Gasteiger partial charge in [-0.3, -0.25) is 0 Å². The molecule has 84 valence electrons. The Morgan fingerprint density at radius 2 is 1.53 bits per heavy atom. The minimum absolute atomic E-state index is 0.101. The Morgan fingerprint density at radius 1 is 1.13 bits per heavy atom. The molecule has 0 rings (SSSR count). The van der Waals surface area contributed by atoms with Gasteiger partial charge in [-0.15, -0.1) is 0 Å². The van der Waals surface area contributed by atoms with Crippen LogP contribution in [0.2, 0.25) is 13.3 Å². The third-order valence-electron chi connectivity index (χ3n) is 2.17. The number of carbonyl (C=O) groups is 1. The quantitative estimate of drug-likeness (QED) is 0.507. The van der Waals surface area contributed by atoms with Crippen LogP contribution in [-0.2, 0) is 7.87 Å². The summed E-state index contributed by atoms with van der Waals surface area (Å²) in [5.41, 5.74) is 0. The SMILES string of the molecule is C=C[CH2][Sn]([CH2]C=C)([CH2]C=C)[O]C(=O)CC. The van der Waals surface area contributed by atoms with Gasteiger partial charge in [-0.05, 0) is 0 Å². The standard InChI is InChI=1S/C3H6O2.3C3H5.Sn/c1-2-3(4)5;3*1-3-2;/h2H2,1H3,(H,4,5);3*3H,1-2H2;/q;;;;+1/p-1. The first-order valence-electron chi connectivity index (χ1n) is 5.18. The Hall–Kier alpha value is -0.511. The van der Waals surface area contributed by atoms with E-state index in [-0.39, 0.29) is 5.97 Å². The summed E-state index contributed by atoms with van der Waals surface area (Å²) in [5.74, 6) is -0.101. The van der Waals surface area contributed by atoms with Gasteiger partial charge in [-0.2, -0.15) is 0 Å². The fourth-order valence-corrected chi connectivity index (χ4v) is 9.91. The summed E-state index contributed by atoms with van der Waals surface area (Å²) in [7, 11) is 0. The van der Waals surface area contributed by atoms with E-state index in [1.165, 1.54) is 0 Å². The summed E-state index contributed by atoms with van der Waals surface area (Å²) in [4.78, 5) is 11.4. The Bertz CT molecular complexity index is 219. The molecule has 0 atom stereocenters. The molecule has 0 heterocycles. The van der Waals surface area contributed by atoms with Crippen molar-refractivity contribution in [2.45, 2.75) is 26.7 Å². The second kappa shape index (κ2) is 7.74. The van der Waals surface area contributed by atoms with Crippen molar-refractivity contribution in [3.05, 3.63) is 38.0 Å². The molecule has 3 heteroatoms. The molecular weight excluding hydrogens is 295 g/mol. The van der Waals surface area contributed by atoms with Crippen LogP contribution in [0.1, 0.15) is 13.3 Å². The molecule has 0 saturated heterocycles. The van der Waals surface area contributed by atoms with Gasteiger partial charge in [0.15, 0.2) is 0 Å². The number of carbonyl (C=O) groups excluding carboxylic acids is 1. The normalized spacial score (nSPS) is 10.5. The maximum absolute atomic E-state index is 11.4. The number of hydrogen-bond donors (Lipinski definition) is 0. The van der Waals surface area contributed by atoms with Crippen LogP contribution in [-0.4, -0.2) is 24.8 Å². The molecule has 0 amide bonds. The molecule has 0 fully saturated rings. The summed E-state index contributed by atoms with van der Waals surface area (Å²) in [6.45, 7) is 13.0. The van der Waals surface area contributed by atoms with Gasteiger partial charge in [0.05, 0.1) is 0 Å². The molecule has 15 heavy (non-hydrogen) atoms. The molecule has 0 aromatic rings. The van der Waals surface area contributed by atoms with Gasteiger partial charge in [0, 0.05) is 0 Å². The predicted octanol–water partition coefficient (Wildman–Crippen LogP) is 3.44. The summed E-state index contributed by atoms with van der Waals surface area (Å²) in [6.07, 6.45) is 5.99.